The molecule has 2 aromatic rings. The molecule has 170 valence electrons. The summed E-state index contributed by atoms with van der Waals surface area (Å²) < 4.78 is 12.9. The van der Waals surface area contributed by atoms with Crippen molar-refractivity contribution in [2.24, 2.45) is 0 Å². The van der Waals surface area contributed by atoms with Gasteiger partial charge in [-0.25, -0.2) is 15.0 Å². The zero-order valence-corrected chi connectivity index (χ0v) is 18.9. The van der Waals surface area contributed by atoms with Gasteiger partial charge in [-0.2, -0.15) is 0 Å². The molecule has 1 fully saturated rings. The lowest BCUT2D eigenvalue weighted by atomic mass is 9.92. The molecule has 1 saturated carbocycles. The number of amides is 1. The van der Waals surface area contributed by atoms with Crippen LogP contribution in [0, 0.1) is 0 Å². The second-order valence-corrected chi connectivity index (χ2v) is 9.53. The van der Waals surface area contributed by atoms with Crippen molar-refractivity contribution in [3.05, 3.63) is 34.0 Å². The third kappa shape index (κ3) is 4.20. The molecule has 3 aliphatic rings. The van der Waals surface area contributed by atoms with Gasteiger partial charge in [0.1, 0.15) is 6.10 Å². The minimum Gasteiger partial charge on any atom is -0.477 e. The number of methoxy groups -OCH3 is 1. The minimum atomic E-state index is -0.121. The Balaban J connectivity index is 1.14. The Hall–Kier alpha value is -2.62. The van der Waals surface area contributed by atoms with Crippen LogP contribution in [0.2, 0.25) is 0 Å². The summed E-state index contributed by atoms with van der Waals surface area (Å²) in [6, 6.07) is -0.000751. The predicted molar refractivity (Wildman–Crippen MR) is 118 cm³/mol. The van der Waals surface area contributed by atoms with E-state index >= 15 is 0 Å². The van der Waals surface area contributed by atoms with Gasteiger partial charge in [0.15, 0.2) is 5.16 Å². The highest BCUT2D eigenvalue weighted by atomic mass is 32.2. The maximum absolute atomic E-state index is 12.9. The molecule has 0 radical (unpaired) electrons. The molecule has 5 rings (SSSR count). The van der Waals surface area contributed by atoms with Crippen LogP contribution in [0.25, 0.3) is 0 Å². The van der Waals surface area contributed by atoms with Gasteiger partial charge in [-0.1, -0.05) is 11.8 Å². The summed E-state index contributed by atoms with van der Waals surface area (Å²) in [6.45, 7) is 0. The molecule has 3 heterocycles. The molecule has 1 amide bonds. The lowest BCUT2D eigenvalue weighted by Gasteiger charge is -2.29. The lowest BCUT2D eigenvalue weighted by Crippen LogP contribution is -2.41. The summed E-state index contributed by atoms with van der Waals surface area (Å²) in [5.74, 6) is 1.51. The second-order valence-electron chi connectivity index (χ2n) is 8.55. The molecule has 9 nitrogen and oxygen atoms in total. The van der Waals surface area contributed by atoms with E-state index in [9.17, 15) is 9.59 Å². The van der Waals surface area contributed by atoms with E-state index in [0.29, 0.717) is 18.2 Å². The highest BCUT2D eigenvalue weighted by molar-refractivity contribution is 7.99. The molecule has 1 N–H and O–H groups in total. The summed E-state index contributed by atoms with van der Waals surface area (Å²) in [4.78, 5) is 38.7. The Morgan fingerprint density at radius 2 is 1.97 bits per heavy atom. The van der Waals surface area contributed by atoms with Crippen LogP contribution < -0.4 is 20.3 Å². The van der Waals surface area contributed by atoms with Gasteiger partial charge in [-0.05, 0) is 44.9 Å². The fraction of sp³-hybridized carbons (Fsp3) is 0.591. The van der Waals surface area contributed by atoms with Crippen LogP contribution in [0.5, 0.6) is 11.8 Å². The van der Waals surface area contributed by atoms with Crippen LogP contribution in [0.1, 0.15) is 55.8 Å². The fourth-order valence-corrected chi connectivity index (χ4v) is 5.97. The van der Waals surface area contributed by atoms with E-state index in [4.69, 9.17) is 9.47 Å². The van der Waals surface area contributed by atoms with Crippen LogP contribution in [0.4, 0.5) is 0 Å². The number of aryl methyl sites for hydroxylation is 1. The average Bonchev–Trinajstić information content (AvgIpc) is 3.43. The average molecular weight is 458 g/mol. The van der Waals surface area contributed by atoms with Gasteiger partial charge in [-0.15, -0.1) is 0 Å². The van der Waals surface area contributed by atoms with Gasteiger partial charge in [0.25, 0.3) is 17.3 Å². The number of thioether (sulfide) groups is 1. The number of hydrogen-bond acceptors (Lipinski definition) is 8. The van der Waals surface area contributed by atoms with Crippen molar-refractivity contribution >= 4 is 17.7 Å². The number of ether oxygens (including phenoxy) is 2. The maximum atomic E-state index is 12.9. The standard InChI is InChI=1S/C22H27N5O4S/c1-30-19-20(24-10-9-23-19)31-15-7-5-13(6-8-15)25-18(28)11-14-12-32-22-26-17-4-2-3-16(17)21(29)27(14)22/h9-10,13-15H,2-8,11-12H2,1H3,(H,25,28). The molecule has 0 saturated heterocycles. The first-order valence-electron chi connectivity index (χ1n) is 11.2. The SMILES string of the molecule is COc1nccnc1OC1CCC(NC(=O)CC2CSc3nc4c(c(=O)n32)CCC4)CC1. The fourth-order valence-electron chi connectivity index (χ4n) is 4.82. The van der Waals surface area contributed by atoms with Crippen LogP contribution in [-0.2, 0) is 17.6 Å². The maximum Gasteiger partial charge on any atom is 0.278 e. The van der Waals surface area contributed by atoms with Crippen molar-refractivity contribution in [2.75, 3.05) is 12.9 Å². The molecule has 2 aromatic heterocycles. The van der Waals surface area contributed by atoms with E-state index in [1.807, 2.05) is 0 Å². The Morgan fingerprint density at radius 3 is 2.75 bits per heavy atom. The molecule has 0 aromatic carbocycles. The quantitative estimate of drug-likeness (QED) is 0.657. The van der Waals surface area contributed by atoms with E-state index < -0.39 is 0 Å². The summed E-state index contributed by atoms with van der Waals surface area (Å²) in [6.07, 6.45) is 9.49. The van der Waals surface area contributed by atoms with Gasteiger partial charge in [-0.3, -0.25) is 14.2 Å². The smallest absolute Gasteiger partial charge is 0.278 e. The van der Waals surface area contributed by atoms with Crippen molar-refractivity contribution in [3.8, 4) is 11.8 Å². The van der Waals surface area contributed by atoms with Crippen molar-refractivity contribution in [2.45, 2.75) is 74.7 Å². The molecule has 1 unspecified atom stereocenters. The molecule has 32 heavy (non-hydrogen) atoms. The molecular weight excluding hydrogens is 430 g/mol. The molecule has 10 heteroatoms. The molecule has 2 aliphatic carbocycles. The molecular formula is C22H27N5O4S. The number of fused-ring (bicyclic) bond motifs is 2. The number of hydrogen-bond donors (Lipinski definition) is 1. The zero-order chi connectivity index (χ0) is 22.1. The number of carbonyl (C=O) groups is 1. The van der Waals surface area contributed by atoms with E-state index in [2.05, 4.69) is 20.3 Å². The Bertz CT molecular complexity index is 1070. The van der Waals surface area contributed by atoms with E-state index in [1.165, 1.54) is 0 Å². The number of aromatic nitrogens is 4. The molecule has 0 bridgehead atoms. The van der Waals surface area contributed by atoms with Crippen molar-refractivity contribution < 1.29 is 14.3 Å². The first-order valence-corrected chi connectivity index (χ1v) is 12.2. The van der Waals surface area contributed by atoms with Gasteiger partial charge < -0.3 is 14.8 Å². The zero-order valence-electron chi connectivity index (χ0n) is 18.1. The monoisotopic (exact) mass is 457 g/mol. The number of rotatable bonds is 6. The first kappa shape index (κ1) is 21.2. The summed E-state index contributed by atoms with van der Waals surface area (Å²) in [5, 5.41) is 3.93. The summed E-state index contributed by atoms with van der Waals surface area (Å²) in [5.41, 5.74) is 1.86. The third-order valence-electron chi connectivity index (χ3n) is 6.44. The lowest BCUT2D eigenvalue weighted by molar-refractivity contribution is -0.122. The van der Waals surface area contributed by atoms with E-state index in [1.54, 1.807) is 35.8 Å². The van der Waals surface area contributed by atoms with Gasteiger partial charge in [0.05, 0.1) is 18.8 Å². The molecule has 0 spiro atoms. The molecule has 1 atom stereocenters. The van der Waals surface area contributed by atoms with E-state index in [0.717, 1.165) is 67.1 Å². The number of nitrogens with zero attached hydrogens (tertiary/aromatic N) is 4. The number of nitrogens with one attached hydrogen (secondary N) is 1. The first-order chi connectivity index (χ1) is 15.6. The topological polar surface area (TPSA) is 108 Å². The van der Waals surface area contributed by atoms with Crippen molar-refractivity contribution in [1.29, 1.82) is 0 Å². The van der Waals surface area contributed by atoms with Crippen LogP contribution in [-0.4, -0.2) is 50.4 Å². The minimum absolute atomic E-state index is 0.00388. The summed E-state index contributed by atoms with van der Waals surface area (Å²) >= 11 is 1.58. The molecule has 1 aliphatic heterocycles. The third-order valence-corrected chi connectivity index (χ3v) is 7.54. The Labute approximate surface area is 190 Å². The highest BCUT2D eigenvalue weighted by Crippen LogP contribution is 2.34. The number of carbonyl (C=O) groups excluding carboxylic acids is 1. The van der Waals surface area contributed by atoms with Gasteiger partial charge in [0, 0.05) is 36.2 Å². The van der Waals surface area contributed by atoms with Gasteiger partial charge >= 0.3 is 0 Å². The Kier molecular flexibility index (Phi) is 6.03. The van der Waals surface area contributed by atoms with Crippen LogP contribution >= 0.6 is 11.8 Å². The van der Waals surface area contributed by atoms with Crippen LogP contribution in [0.15, 0.2) is 22.3 Å². The normalized spacial score (nSPS) is 24.0. The second kappa shape index (κ2) is 9.09. The van der Waals surface area contributed by atoms with Crippen molar-refractivity contribution in [1.82, 2.24) is 24.8 Å². The Morgan fingerprint density at radius 1 is 1.19 bits per heavy atom. The largest absolute Gasteiger partial charge is 0.477 e. The van der Waals surface area contributed by atoms with E-state index in [-0.39, 0.29) is 29.7 Å². The van der Waals surface area contributed by atoms with Crippen molar-refractivity contribution in [3.63, 3.8) is 0 Å². The van der Waals surface area contributed by atoms with Crippen LogP contribution in [0.3, 0.4) is 0 Å². The summed E-state index contributed by atoms with van der Waals surface area (Å²) in [7, 11) is 1.54. The predicted octanol–water partition coefficient (Wildman–Crippen LogP) is 2.07. The van der Waals surface area contributed by atoms with Gasteiger partial charge in [0.2, 0.25) is 5.91 Å². The highest BCUT2D eigenvalue weighted by Gasteiger charge is 2.32.